The second-order valence-electron chi connectivity index (χ2n) is 5.49. The Morgan fingerprint density at radius 2 is 1.96 bits per heavy atom. The lowest BCUT2D eigenvalue weighted by molar-refractivity contribution is -0.137. The molecule has 130 valence electrons. The highest BCUT2D eigenvalue weighted by molar-refractivity contribution is 6.05. The lowest BCUT2D eigenvalue weighted by Crippen LogP contribution is -2.34. The minimum Gasteiger partial charge on any atom is -0.479 e. The molecule has 0 fully saturated rings. The van der Waals surface area contributed by atoms with Gasteiger partial charge in [-0.3, -0.25) is 9.59 Å². The highest BCUT2D eigenvalue weighted by atomic mass is 19.4. The van der Waals surface area contributed by atoms with Crippen LogP contribution >= 0.6 is 0 Å². The summed E-state index contributed by atoms with van der Waals surface area (Å²) in [5.41, 5.74) is -0.328. The van der Waals surface area contributed by atoms with E-state index in [0.29, 0.717) is 17.1 Å². The van der Waals surface area contributed by atoms with Crippen LogP contribution in [0.15, 0.2) is 42.5 Å². The van der Waals surface area contributed by atoms with E-state index in [0.717, 1.165) is 12.1 Å². The molecule has 0 aliphatic carbocycles. The van der Waals surface area contributed by atoms with Gasteiger partial charge in [-0.25, -0.2) is 0 Å². The van der Waals surface area contributed by atoms with Gasteiger partial charge in [0, 0.05) is 11.3 Å². The number of alkyl halides is 3. The van der Waals surface area contributed by atoms with Gasteiger partial charge >= 0.3 is 6.18 Å². The zero-order chi connectivity index (χ0) is 18.2. The van der Waals surface area contributed by atoms with E-state index >= 15 is 0 Å². The van der Waals surface area contributed by atoms with E-state index in [-0.39, 0.29) is 11.5 Å². The number of rotatable bonds is 2. The molecule has 0 aromatic heterocycles. The fourth-order valence-corrected chi connectivity index (χ4v) is 2.33. The molecular formula is C17H13F3N2O3. The summed E-state index contributed by atoms with van der Waals surface area (Å²) < 4.78 is 43.6. The zero-order valence-electron chi connectivity index (χ0n) is 13.0. The molecule has 0 unspecified atom stereocenters. The van der Waals surface area contributed by atoms with Crippen LogP contribution in [-0.2, 0) is 11.0 Å². The van der Waals surface area contributed by atoms with Crippen molar-refractivity contribution in [3.63, 3.8) is 0 Å². The summed E-state index contributed by atoms with van der Waals surface area (Å²) in [5, 5.41) is 5.13. The third-order valence-electron chi connectivity index (χ3n) is 3.62. The molecule has 0 saturated carbocycles. The first-order chi connectivity index (χ1) is 11.7. The number of fused-ring (bicyclic) bond motifs is 1. The molecule has 0 saturated heterocycles. The van der Waals surface area contributed by atoms with E-state index in [1.807, 2.05) is 0 Å². The summed E-state index contributed by atoms with van der Waals surface area (Å²) in [6, 6.07) is 8.70. The van der Waals surface area contributed by atoms with Crippen molar-refractivity contribution in [2.24, 2.45) is 0 Å². The Morgan fingerprint density at radius 3 is 2.68 bits per heavy atom. The standard InChI is InChI=1S/C17H13F3N2O3/c1-9-15(23)22-13-8-12(5-6-14(13)25-9)21-16(24)10-3-2-4-11(7-10)17(18,19)20/h2-9H,1H3,(H,21,24)(H,22,23)/t9-/m0/s1. The average Bonchev–Trinajstić information content (AvgIpc) is 2.55. The predicted molar refractivity (Wildman–Crippen MR) is 84.6 cm³/mol. The number of nitrogens with one attached hydrogen (secondary N) is 2. The van der Waals surface area contributed by atoms with E-state index in [4.69, 9.17) is 4.74 Å². The number of hydrogen-bond acceptors (Lipinski definition) is 3. The van der Waals surface area contributed by atoms with Gasteiger partial charge in [0.05, 0.1) is 11.3 Å². The highest BCUT2D eigenvalue weighted by Gasteiger charge is 2.31. The van der Waals surface area contributed by atoms with Crippen molar-refractivity contribution in [2.45, 2.75) is 19.2 Å². The van der Waals surface area contributed by atoms with Gasteiger partial charge in [-0.1, -0.05) is 6.07 Å². The molecule has 1 atom stereocenters. The SMILES string of the molecule is C[C@@H]1Oc2ccc(NC(=O)c3cccc(C(F)(F)F)c3)cc2NC1=O. The van der Waals surface area contributed by atoms with E-state index in [2.05, 4.69) is 10.6 Å². The second kappa shape index (κ2) is 6.12. The summed E-state index contributed by atoms with van der Waals surface area (Å²) in [6.45, 7) is 1.60. The molecule has 0 radical (unpaired) electrons. The smallest absolute Gasteiger partial charge is 0.416 e. The van der Waals surface area contributed by atoms with Gasteiger partial charge in [0.25, 0.3) is 11.8 Å². The maximum atomic E-state index is 12.7. The normalized spacial score (nSPS) is 16.5. The van der Waals surface area contributed by atoms with Crippen LogP contribution in [0.2, 0.25) is 0 Å². The van der Waals surface area contributed by atoms with Gasteiger partial charge in [0.1, 0.15) is 5.75 Å². The van der Waals surface area contributed by atoms with Crippen molar-refractivity contribution in [1.82, 2.24) is 0 Å². The number of halogens is 3. The van der Waals surface area contributed by atoms with Gasteiger partial charge in [-0.2, -0.15) is 13.2 Å². The Bertz CT molecular complexity index is 849. The number of carbonyl (C=O) groups excluding carboxylic acids is 2. The molecule has 0 bridgehead atoms. The molecule has 0 spiro atoms. The number of hydrogen-bond donors (Lipinski definition) is 2. The number of amides is 2. The molecule has 1 heterocycles. The molecule has 3 rings (SSSR count). The molecule has 2 N–H and O–H groups in total. The fourth-order valence-electron chi connectivity index (χ4n) is 2.33. The van der Waals surface area contributed by atoms with Gasteiger partial charge in [-0.05, 0) is 43.3 Å². The van der Waals surface area contributed by atoms with Gasteiger partial charge in [0.15, 0.2) is 6.10 Å². The van der Waals surface area contributed by atoms with Crippen LogP contribution in [0, 0.1) is 0 Å². The Hall–Kier alpha value is -3.03. The summed E-state index contributed by atoms with van der Waals surface area (Å²) in [7, 11) is 0. The monoisotopic (exact) mass is 350 g/mol. The molecule has 2 amide bonds. The largest absolute Gasteiger partial charge is 0.479 e. The van der Waals surface area contributed by atoms with Gasteiger partial charge < -0.3 is 15.4 Å². The third-order valence-corrected chi connectivity index (χ3v) is 3.62. The number of benzene rings is 2. The highest BCUT2D eigenvalue weighted by Crippen LogP contribution is 2.33. The Labute approximate surface area is 140 Å². The van der Waals surface area contributed by atoms with Crippen molar-refractivity contribution in [3.05, 3.63) is 53.6 Å². The number of ether oxygens (including phenoxy) is 1. The Morgan fingerprint density at radius 1 is 1.20 bits per heavy atom. The molecule has 8 heteroatoms. The Kier molecular flexibility index (Phi) is 4.12. The van der Waals surface area contributed by atoms with Gasteiger partial charge in [-0.15, -0.1) is 0 Å². The zero-order valence-corrected chi connectivity index (χ0v) is 13.0. The van der Waals surface area contributed by atoms with Crippen LogP contribution in [0.3, 0.4) is 0 Å². The lowest BCUT2D eigenvalue weighted by Gasteiger charge is -2.23. The van der Waals surface area contributed by atoms with E-state index in [1.165, 1.54) is 24.3 Å². The summed E-state index contributed by atoms with van der Waals surface area (Å²) in [6.07, 6.45) is -5.15. The number of carbonyl (C=O) groups is 2. The van der Waals surface area contributed by atoms with Crippen molar-refractivity contribution in [1.29, 1.82) is 0 Å². The first-order valence-corrected chi connectivity index (χ1v) is 7.34. The molecular weight excluding hydrogens is 337 g/mol. The minimum absolute atomic E-state index is 0.124. The molecule has 1 aliphatic rings. The summed E-state index contributed by atoms with van der Waals surface area (Å²) in [4.78, 5) is 23.8. The third kappa shape index (κ3) is 3.57. The van der Waals surface area contributed by atoms with E-state index < -0.39 is 23.8 Å². The molecule has 2 aromatic carbocycles. The van der Waals surface area contributed by atoms with Crippen LogP contribution in [0.5, 0.6) is 5.75 Å². The van der Waals surface area contributed by atoms with Crippen molar-refractivity contribution in [2.75, 3.05) is 10.6 Å². The predicted octanol–water partition coefficient (Wildman–Crippen LogP) is 3.68. The summed E-state index contributed by atoms with van der Waals surface area (Å²) >= 11 is 0. The van der Waals surface area contributed by atoms with E-state index in [9.17, 15) is 22.8 Å². The molecule has 5 nitrogen and oxygen atoms in total. The average molecular weight is 350 g/mol. The maximum Gasteiger partial charge on any atom is 0.416 e. The molecule has 2 aromatic rings. The lowest BCUT2D eigenvalue weighted by atomic mass is 10.1. The topological polar surface area (TPSA) is 67.4 Å². The maximum absolute atomic E-state index is 12.7. The quantitative estimate of drug-likeness (QED) is 0.868. The van der Waals surface area contributed by atoms with E-state index in [1.54, 1.807) is 13.0 Å². The fraction of sp³-hybridized carbons (Fsp3) is 0.176. The summed E-state index contributed by atoms with van der Waals surface area (Å²) in [5.74, 6) is -0.569. The van der Waals surface area contributed by atoms with Crippen LogP contribution in [-0.4, -0.2) is 17.9 Å². The van der Waals surface area contributed by atoms with Crippen molar-refractivity contribution in [3.8, 4) is 5.75 Å². The first kappa shape index (κ1) is 16.8. The van der Waals surface area contributed by atoms with Crippen LogP contribution < -0.4 is 15.4 Å². The minimum atomic E-state index is -4.53. The molecule has 25 heavy (non-hydrogen) atoms. The first-order valence-electron chi connectivity index (χ1n) is 7.34. The molecule has 1 aliphatic heterocycles. The van der Waals surface area contributed by atoms with Crippen molar-refractivity contribution >= 4 is 23.2 Å². The Balaban J connectivity index is 1.80. The second-order valence-corrected chi connectivity index (χ2v) is 5.49. The van der Waals surface area contributed by atoms with Crippen LogP contribution in [0.25, 0.3) is 0 Å². The van der Waals surface area contributed by atoms with Crippen molar-refractivity contribution < 1.29 is 27.5 Å². The number of anilines is 2. The van der Waals surface area contributed by atoms with Crippen LogP contribution in [0.4, 0.5) is 24.5 Å². The van der Waals surface area contributed by atoms with Gasteiger partial charge in [0.2, 0.25) is 0 Å². The van der Waals surface area contributed by atoms with Crippen LogP contribution in [0.1, 0.15) is 22.8 Å².